The van der Waals surface area contributed by atoms with Crippen LogP contribution in [0, 0.1) is 0 Å². The number of rotatable bonds is 7. The van der Waals surface area contributed by atoms with Gasteiger partial charge in [0, 0.05) is 19.2 Å². The molecular weight excluding hydrogens is 348 g/mol. The van der Waals surface area contributed by atoms with Gasteiger partial charge in [-0.1, -0.05) is 6.92 Å². The van der Waals surface area contributed by atoms with Crippen molar-refractivity contribution in [3.63, 3.8) is 0 Å². The fraction of sp³-hybridized carbons (Fsp3) is 0.667. The Morgan fingerprint density at radius 3 is 2.80 bits per heavy atom. The summed E-state index contributed by atoms with van der Waals surface area (Å²) >= 11 is 3.16. The van der Waals surface area contributed by atoms with Gasteiger partial charge < -0.3 is 14.5 Å². The van der Waals surface area contributed by atoms with Crippen LogP contribution >= 0.6 is 15.9 Å². The highest BCUT2D eigenvalue weighted by molar-refractivity contribution is 9.10. The number of furan rings is 1. The maximum absolute atomic E-state index is 12.3. The summed E-state index contributed by atoms with van der Waals surface area (Å²) in [5.74, 6) is 0.586. The van der Waals surface area contributed by atoms with Gasteiger partial charge in [0.25, 0.3) is 0 Å². The second kappa shape index (κ2) is 6.57. The first-order chi connectivity index (χ1) is 9.46. The molecule has 1 fully saturated rings. The van der Waals surface area contributed by atoms with Crippen molar-refractivity contribution in [3.8, 4) is 0 Å². The SMILES string of the molecule is CCNCc1cc(S(=O)(=O)NC2CC(OC)C2)c(Br)o1. The van der Waals surface area contributed by atoms with E-state index < -0.39 is 10.0 Å². The van der Waals surface area contributed by atoms with Crippen LogP contribution in [0.5, 0.6) is 0 Å². The fourth-order valence-electron chi connectivity index (χ4n) is 2.05. The van der Waals surface area contributed by atoms with E-state index in [0.29, 0.717) is 25.1 Å². The third-order valence-corrected chi connectivity index (χ3v) is 5.67. The number of methoxy groups -OCH3 is 1. The van der Waals surface area contributed by atoms with Gasteiger partial charge in [-0.05, 0) is 35.3 Å². The highest BCUT2D eigenvalue weighted by Gasteiger charge is 2.34. The van der Waals surface area contributed by atoms with Crippen molar-refractivity contribution in [1.82, 2.24) is 10.0 Å². The van der Waals surface area contributed by atoms with Crippen LogP contribution in [0.2, 0.25) is 0 Å². The zero-order valence-electron chi connectivity index (χ0n) is 11.5. The van der Waals surface area contributed by atoms with Crippen molar-refractivity contribution >= 4 is 26.0 Å². The summed E-state index contributed by atoms with van der Waals surface area (Å²) in [4.78, 5) is 0.145. The Morgan fingerprint density at radius 1 is 1.50 bits per heavy atom. The standard InChI is InChI=1S/C12H19BrN2O4S/c1-3-14-7-10-6-11(12(13)19-10)20(16,17)15-8-4-9(5-8)18-2/h6,8-9,14-15H,3-5,7H2,1-2H3. The van der Waals surface area contributed by atoms with Crippen LogP contribution in [0.15, 0.2) is 20.0 Å². The van der Waals surface area contributed by atoms with Gasteiger partial charge in [-0.25, -0.2) is 13.1 Å². The summed E-state index contributed by atoms with van der Waals surface area (Å²) in [6, 6.07) is 1.48. The van der Waals surface area contributed by atoms with Gasteiger partial charge >= 0.3 is 0 Å². The number of ether oxygens (including phenoxy) is 1. The van der Waals surface area contributed by atoms with E-state index in [1.165, 1.54) is 0 Å². The first kappa shape index (κ1) is 16.0. The van der Waals surface area contributed by atoms with Crippen molar-refractivity contribution in [2.75, 3.05) is 13.7 Å². The quantitative estimate of drug-likeness (QED) is 0.765. The highest BCUT2D eigenvalue weighted by atomic mass is 79.9. The van der Waals surface area contributed by atoms with Crippen LogP contribution in [0.4, 0.5) is 0 Å². The van der Waals surface area contributed by atoms with Gasteiger partial charge in [-0.3, -0.25) is 0 Å². The second-order valence-corrected chi connectivity index (χ2v) is 7.18. The summed E-state index contributed by atoms with van der Waals surface area (Å²) in [5.41, 5.74) is 0. The summed E-state index contributed by atoms with van der Waals surface area (Å²) < 4.78 is 38.0. The molecule has 0 spiro atoms. The summed E-state index contributed by atoms with van der Waals surface area (Å²) in [7, 11) is -1.93. The molecule has 1 aromatic heterocycles. The molecule has 0 aliphatic heterocycles. The molecule has 1 aliphatic rings. The lowest BCUT2D eigenvalue weighted by Crippen LogP contribution is -2.47. The Balaban J connectivity index is 2.03. The molecule has 2 N–H and O–H groups in total. The summed E-state index contributed by atoms with van der Waals surface area (Å²) in [6.07, 6.45) is 1.56. The first-order valence-corrected chi connectivity index (χ1v) is 8.78. The van der Waals surface area contributed by atoms with E-state index >= 15 is 0 Å². The maximum Gasteiger partial charge on any atom is 0.245 e. The molecule has 0 radical (unpaired) electrons. The minimum absolute atomic E-state index is 0.0658. The number of sulfonamides is 1. The number of hydrogen-bond donors (Lipinski definition) is 2. The van der Waals surface area contributed by atoms with Gasteiger partial charge in [0.1, 0.15) is 10.7 Å². The largest absolute Gasteiger partial charge is 0.452 e. The molecule has 1 saturated carbocycles. The zero-order chi connectivity index (χ0) is 14.8. The fourth-order valence-corrected chi connectivity index (χ4v) is 4.31. The molecule has 114 valence electrons. The van der Waals surface area contributed by atoms with E-state index in [1.54, 1.807) is 13.2 Å². The van der Waals surface area contributed by atoms with Crippen LogP contribution in [0.1, 0.15) is 25.5 Å². The van der Waals surface area contributed by atoms with Crippen molar-refractivity contribution in [2.45, 2.75) is 43.4 Å². The van der Waals surface area contributed by atoms with Gasteiger partial charge in [-0.15, -0.1) is 0 Å². The van der Waals surface area contributed by atoms with E-state index in [2.05, 4.69) is 26.0 Å². The van der Waals surface area contributed by atoms with Crippen molar-refractivity contribution < 1.29 is 17.6 Å². The second-order valence-electron chi connectivity index (χ2n) is 4.78. The highest BCUT2D eigenvalue weighted by Crippen LogP contribution is 2.29. The van der Waals surface area contributed by atoms with Crippen molar-refractivity contribution in [1.29, 1.82) is 0 Å². The molecule has 8 heteroatoms. The minimum atomic E-state index is -3.56. The molecule has 2 rings (SSSR count). The lowest BCUT2D eigenvalue weighted by atomic mass is 9.90. The molecule has 0 amide bonds. The van der Waals surface area contributed by atoms with Gasteiger partial charge in [0.05, 0.1) is 12.6 Å². The molecule has 1 aliphatic carbocycles. The molecule has 0 bridgehead atoms. The number of nitrogens with one attached hydrogen (secondary N) is 2. The normalized spacial score (nSPS) is 22.8. The van der Waals surface area contributed by atoms with E-state index in [-0.39, 0.29) is 21.7 Å². The van der Waals surface area contributed by atoms with E-state index in [1.807, 2.05) is 6.92 Å². The molecule has 0 unspecified atom stereocenters. The van der Waals surface area contributed by atoms with Crippen molar-refractivity contribution in [2.24, 2.45) is 0 Å². The molecular formula is C12H19BrN2O4S. The lowest BCUT2D eigenvalue weighted by Gasteiger charge is -2.34. The Morgan fingerprint density at radius 2 is 2.20 bits per heavy atom. The monoisotopic (exact) mass is 366 g/mol. The van der Waals surface area contributed by atoms with Crippen LogP contribution in [0.25, 0.3) is 0 Å². The minimum Gasteiger partial charge on any atom is -0.452 e. The Hall–Kier alpha value is -0.410. The molecule has 1 aromatic rings. The Bertz CT molecular complexity index is 552. The lowest BCUT2D eigenvalue weighted by molar-refractivity contribution is 0.0236. The number of halogens is 1. The molecule has 0 aromatic carbocycles. The van der Waals surface area contributed by atoms with Crippen LogP contribution in [-0.2, 0) is 21.3 Å². The van der Waals surface area contributed by atoms with Crippen LogP contribution in [0.3, 0.4) is 0 Å². The summed E-state index contributed by atoms with van der Waals surface area (Å²) in [6.45, 7) is 3.26. The third kappa shape index (κ3) is 3.62. The van der Waals surface area contributed by atoms with E-state index in [0.717, 1.165) is 6.54 Å². The third-order valence-electron chi connectivity index (χ3n) is 3.30. The summed E-state index contributed by atoms with van der Waals surface area (Å²) in [5, 5.41) is 3.09. The maximum atomic E-state index is 12.3. The molecule has 20 heavy (non-hydrogen) atoms. The molecule has 1 heterocycles. The van der Waals surface area contributed by atoms with E-state index in [4.69, 9.17) is 9.15 Å². The first-order valence-electron chi connectivity index (χ1n) is 6.50. The molecule has 0 atom stereocenters. The van der Waals surface area contributed by atoms with Crippen LogP contribution in [-0.4, -0.2) is 34.2 Å². The average molecular weight is 367 g/mol. The van der Waals surface area contributed by atoms with Crippen LogP contribution < -0.4 is 10.0 Å². The van der Waals surface area contributed by atoms with Gasteiger partial charge in [0.15, 0.2) is 4.67 Å². The van der Waals surface area contributed by atoms with Gasteiger partial charge in [0.2, 0.25) is 10.0 Å². The average Bonchev–Trinajstić information content (AvgIpc) is 2.73. The molecule has 0 saturated heterocycles. The predicted octanol–water partition coefficient (Wildman–Crippen LogP) is 1.61. The number of hydrogen-bond acceptors (Lipinski definition) is 5. The Labute approximate surface area is 127 Å². The topological polar surface area (TPSA) is 80.6 Å². The van der Waals surface area contributed by atoms with Gasteiger partial charge in [-0.2, -0.15) is 0 Å². The smallest absolute Gasteiger partial charge is 0.245 e. The van der Waals surface area contributed by atoms with E-state index in [9.17, 15) is 8.42 Å². The zero-order valence-corrected chi connectivity index (χ0v) is 13.9. The van der Waals surface area contributed by atoms with Crippen molar-refractivity contribution in [3.05, 3.63) is 16.5 Å². The molecule has 6 nitrogen and oxygen atoms in total. The predicted molar refractivity (Wildman–Crippen MR) is 77.9 cm³/mol. The Kier molecular flexibility index (Phi) is 5.25.